The highest BCUT2D eigenvalue weighted by Gasteiger charge is 2.25. The highest BCUT2D eigenvalue weighted by atomic mass is 16.2. The number of hydrogen-bond donors (Lipinski definition) is 1. The Morgan fingerprint density at radius 1 is 1.32 bits per heavy atom. The van der Waals surface area contributed by atoms with Crippen LogP contribution in [0.4, 0.5) is 0 Å². The molecule has 0 atom stereocenters. The molecule has 0 unspecified atom stereocenters. The Kier molecular flexibility index (Phi) is 4.74. The lowest BCUT2D eigenvalue weighted by Crippen LogP contribution is -2.39. The van der Waals surface area contributed by atoms with E-state index in [4.69, 9.17) is 10.1 Å². The van der Waals surface area contributed by atoms with Gasteiger partial charge >= 0.3 is 0 Å². The quantitative estimate of drug-likeness (QED) is 0.921. The van der Waals surface area contributed by atoms with Crippen molar-refractivity contribution in [2.75, 3.05) is 19.7 Å². The number of rotatable bonds is 5. The maximum absolute atomic E-state index is 9.14. The lowest BCUT2D eigenvalue weighted by atomic mass is 10.0. The van der Waals surface area contributed by atoms with E-state index in [0.717, 1.165) is 55.8 Å². The van der Waals surface area contributed by atoms with Crippen LogP contribution in [-0.4, -0.2) is 50.3 Å². The molecule has 2 aromatic rings. The van der Waals surface area contributed by atoms with Crippen LogP contribution < -0.4 is 0 Å². The predicted molar refractivity (Wildman–Crippen MR) is 87.9 cm³/mol. The third kappa shape index (κ3) is 3.01. The Morgan fingerprint density at radius 3 is 2.77 bits per heavy atom. The van der Waals surface area contributed by atoms with Crippen LogP contribution in [-0.2, 0) is 6.42 Å². The molecule has 0 spiro atoms. The first kappa shape index (κ1) is 15.4. The molecule has 1 aliphatic heterocycles. The van der Waals surface area contributed by atoms with Crippen LogP contribution in [0.15, 0.2) is 18.3 Å². The van der Waals surface area contributed by atoms with Crippen LogP contribution in [0.25, 0.3) is 11.2 Å². The van der Waals surface area contributed by atoms with Gasteiger partial charge in [0.1, 0.15) is 11.3 Å². The zero-order chi connectivity index (χ0) is 15.5. The van der Waals surface area contributed by atoms with Gasteiger partial charge in [-0.3, -0.25) is 0 Å². The maximum atomic E-state index is 9.14. The molecule has 5 nitrogen and oxygen atoms in total. The molecule has 22 heavy (non-hydrogen) atoms. The molecule has 0 aromatic carbocycles. The standard InChI is InChI=1S/C17H26N4O/c1-13(2)20-10-7-14(8-11-20)21-16(6-4-12-22)19-15-5-3-9-18-17(15)21/h3,5,9,13-14,22H,4,6-8,10-12H2,1-2H3. The van der Waals surface area contributed by atoms with Gasteiger partial charge in [-0.25, -0.2) is 9.97 Å². The number of nitrogens with zero attached hydrogens (tertiary/aromatic N) is 4. The molecule has 0 bridgehead atoms. The minimum absolute atomic E-state index is 0.211. The second-order valence-corrected chi connectivity index (χ2v) is 6.43. The lowest BCUT2D eigenvalue weighted by molar-refractivity contribution is 0.152. The van der Waals surface area contributed by atoms with Gasteiger partial charge in [0, 0.05) is 44.4 Å². The highest BCUT2D eigenvalue weighted by Crippen LogP contribution is 2.29. The van der Waals surface area contributed by atoms with E-state index in [1.807, 2.05) is 18.3 Å². The number of piperidine rings is 1. The molecule has 1 N–H and O–H groups in total. The Bertz CT molecular complexity index is 614. The summed E-state index contributed by atoms with van der Waals surface area (Å²) in [5.41, 5.74) is 1.97. The van der Waals surface area contributed by atoms with Gasteiger partial charge in [0.2, 0.25) is 0 Å². The van der Waals surface area contributed by atoms with Gasteiger partial charge in [-0.05, 0) is 45.2 Å². The number of pyridine rings is 1. The predicted octanol–water partition coefficient (Wildman–Crippen LogP) is 2.40. The molecule has 0 radical (unpaired) electrons. The average molecular weight is 302 g/mol. The number of likely N-dealkylation sites (tertiary alicyclic amines) is 1. The lowest BCUT2D eigenvalue weighted by Gasteiger charge is -2.35. The summed E-state index contributed by atoms with van der Waals surface area (Å²) in [7, 11) is 0. The molecular formula is C17H26N4O. The van der Waals surface area contributed by atoms with Gasteiger partial charge < -0.3 is 14.6 Å². The number of aromatic nitrogens is 3. The van der Waals surface area contributed by atoms with Crippen LogP contribution in [0.2, 0.25) is 0 Å². The first-order chi connectivity index (χ1) is 10.7. The van der Waals surface area contributed by atoms with Crippen molar-refractivity contribution in [2.45, 2.75) is 51.6 Å². The van der Waals surface area contributed by atoms with Crippen molar-refractivity contribution in [3.63, 3.8) is 0 Å². The van der Waals surface area contributed by atoms with Crippen molar-refractivity contribution in [1.82, 2.24) is 19.4 Å². The van der Waals surface area contributed by atoms with E-state index in [9.17, 15) is 0 Å². The Labute approximate surface area is 132 Å². The van der Waals surface area contributed by atoms with Crippen molar-refractivity contribution < 1.29 is 5.11 Å². The Balaban J connectivity index is 1.88. The van der Waals surface area contributed by atoms with Crippen LogP contribution in [0.3, 0.4) is 0 Å². The summed E-state index contributed by atoms with van der Waals surface area (Å²) >= 11 is 0. The van der Waals surface area contributed by atoms with Crippen molar-refractivity contribution in [3.8, 4) is 0 Å². The molecule has 1 fully saturated rings. The molecule has 0 aliphatic carbocycles. The number of imidazole rings is 1. The molecule has 0 saturated carbocycles. The average Bonchev–Trinajstić information content (AvgIpc) is 2.91. The molecule has 5 heteroatoms. The fraction of sp³-hybridized carbons (Fsp3) is 0.647. The molecule has 3 rings (SSSR count). The molecule has 0 amide bonds. The summed E-state index contributed by atoms with van der Waals surface area (Å²) < 4.78 is 2.34. The first-order valence-electron chi connectivity index (χ1n) is 8.37. The van der Waals surface area contributed by atoms with E-state index in [2.05, 4.69) is 28.3 Å². The van der Waals surface area contributed by atoms with E-state index in [1.165, 1.54) is 0 Å². The summed E-state index contributed by atoms with van der Waals surface area (Å²) in [6, 6.07) is 5.07. The van der Waals surface area contributed by atoms with Crippen molar-refractivity contribution in [3.05, 3.63) is 24.2 Å². The topological polar surface area (TPSA) is 54.2 Å². The fourth-order valence-electron chi connectivity index (χ4n) is 3.43. The first-order valence-corrected chi connectivity index (χ1v) is 8.37. The smallest absolute Gasteiger partial charge is 0.160 e. The van der Waals surface area contributed by atoms with Crippen LogP contribution in [0, 0.1) is 0 Å². The monoisotopic (exact) mass is 302 g/mol. The largest absolute Gasteiger partial charge is 0.396 e. The number of aliphatic hydroxyl groups is 1. The third-order valence-electron chi connectivity index (χ3n) is 4.67. The Morgan fingerprint density at radius 2 is 2.09 bits per heavy atom. The van der Waals surface area contributed by atoms with Crippen LogP contribution in [0.5, 0.6) is 0 Å². The SMILES string of the molecule is CC(C)N1CCC(n2c(CCCO)nc3cccnc32)CC1. The summed E-state index contributed by atoms with van der Waals surface area (Å²) in [6.07, 6.45) is 5.71. The van der Waals surface area contributed by atoms with Crippen LogP contribution in [0.1, 0.15) is 45.0 Å². The molecule has 1 aliphatic rings. The van der Waals surface area contributed by atoms with Crippen molar-refractivity contribution in [2.24, 2.45) is 0 Å². The van der Waals surface area contributed by atoms with E-state index < -0.39 is 0 Å². The third-order valence-corrected chi connectivity index (χ3v) is 4.67. The zero-order valence-corrected chi connectivity index (χ0v) is 13.6. The van der Waals surface area contributed by atoms with Gasteiger partial charge in [0.25, 0.3) is 0 Å². The zero-order valence-electron chi connectivity index (χ0n) is 13.6. The van der Waals surface area contributed by atoms with E-state index in [-0.39, 0.29) is 6.61 Å². The summed E-state index contributed by atoms with van der Waals surface area (Å²) in [5, 5.41) is 9.14. The molecule has 120 valence electrons. The summed E-state index contributed by atoms with van der Waals surface area (Å²) in [5.74, 6) is 1.07. The number of hydrogen-bond acceptors (Lipinski definition) is 4. The molecule has 3 heterocycles. The second kappa shape index (κ2) is 6.75. The Hall–Kier alpha value is -1.46. The molecule has 1 saturated heterocycles. The number of aryl methyl sites for hydroxylation is 1. The normalized spacial score (nSPS) is 17.6. The number of fused-ring (bicyclic) bond motifs is 1. The van der Waals surface area contributed by atoms with E-state index in [1.54, 1.807) is 0 Å². The number of aliphatic hydroxyl groups excluding tert-OH is 1. The highest BCUT2D eigenvalue weighted by molar-refractivity contribution is 5.71. The summed E-state index contributed by atoms with van der Waals surface area (Å²) in [4.78, 5) is 11.9. The van der Waals surface area contributed by atoms with Crippen molar-refractivity contribution in [1.29, 1.82) is 0 Å². The minimum Gasteiger partial charge on any atom is -0.396 e. The minimum atomic E-state index is 0.211. The molecular weight excluding hydrogens is 276 g/mol. The van der Waals surface area contributed by atoms with Gasteiger partial charge in [-0.15, -0.1) is 0 Å². The molecule has 2 aromatic heterocycles. The van der Waals surface area contributed by atoms with E-state index >= 15 is 0 Å². The maximum Gasteiger partial charge on any atom is 0.160 e. The summed E-state index contributed by atoms with van der Waals surface area (Å²) in [6.45, 7) is 7.01. The van der Waals surface area contributed by atoms with Gasteiger partial charge in [-0.2, -0.15) is 0 Å². The van der Waals surface area contributed by atoms with Gasteiger partial charge in [0.05, 0.1) is 0 Å². The fourth-order valence-corrected chi connectivity index (χ4v) is 3.43. The van der Waals surface area contributed by atoms with Gasteiger partial charge in [-0.1, -0.05) is 0 Å². The van der Waals surface area contributed by atoms with E-state index in [0.29, 0.717) is 12.1 Å². The van der Waals surface area contributed by atoms with Crippen LogP contribution >= 0.6 is 0 Å². The van der Waals surface area contributed by atoms with Gasteiger partial charge in [0.15, 0.2) is 5.65 Å². The van der Waals surface area contributed by atoms with Crippen molar-refractivity contribution >= 4 is 11.2 Å². The second-order valence-electron chi connectivity index (χ2n) is 6.43.